The number of carbonyl (C=O) groups is 1. The Labute approximate surface area is 138 Å². The second-order valence-corrected chi connectivity index (χ2v) is 7.03. The molecule has 116 valence electrons. The molecule has 1 aliphatic rings. The van der Waals surface area contributed by atoms with Crippen LogP contribution in [0.15, 0.2) is 47.5 Å². The summed E-state index contributed by atoms with van der Waals surface area (Å²) in [4.78, 5) is 17.7. The number of hydrogen-bond donors (Lipinski definition) is 0. The summed E-state index contributed by atoms with van der Waals surface area (Å²) < 4.78 is 3.13. The Hall–Kier alpha value is -2.20. The lowest BCUT2D eigenvalue weighted by Crippen LogP contribution is -2.13. The van der Waals surface area contributed by atoms with Crippen molar-refractivity contribution in [2.45, 2.75) is 25.7 Å². The Bertz CT molecular complexity index is 965. The third-order valence-electron chi connectivity index (χ3n) is 4.51. The van der Waals surface area contributed by atoms with Gasteiger partial charge in [0.05, 0.1) is 10.2 Å². The van der Waals surface area contributed by atoms with Crippen molar-refractivity contribution in [3.63, 3.8) is 0 Å². The summed E-state index contributed by atoms with van der Waals surface area (Å²) in [5.74, 6) is -0.152. The highest BCUT2D eigenvalue weighted by molar-refractivity contribution is 7.16. The fourth-order valence-electron chi connectivity index (χ4n) is 3.21. The van der Waals surface area contributed by atoms with E-state index in [1.54, 1.807) is 11.3 Å². The number of rotatable bonds is 1. The first kappa shape index (κ1) is 14.4. The van der Waals surface area contributed by atoms with Crippen LogP contribution in [0.1, 0.15) is 34.3 Å². The molecule has 0 N–H and O–H groups in total. The van der Waals surface area contributed by atoms with Gasteiger partial charge in [0, 0.05) is 12.6 Å². The third kappa shape index (κ3) is 2.63. The van der Waals surface area contributed by atoms with E-state index in [0.29, 0.717) is 5.56 Å². The molecule has 4 rings (SSSR count). The lowest BCUT2D eigenvalue weighted by atomic mass is 9.90. The van der Waals surface area contributed by atoms with Crippen molar-refractivity contribution >= 4 is 27.5 Å². The normalized spacial score (nSPS) is 14.9. The maximum absolute atomic E-state index is 12.6. The predicted molar refractivity (Wildman–Crippen MR) is 93.8 cm³/mol. The number of aromatic nitrogens is 1. The highest BCUT2D eigenvalue weighted by Gasteiger charge is 2.13. The third-order valence-corrected chi connectivity index (χ3v) is 5.62. The van der Waals surface area contributed by atoms with Crippen molar-refractivity contribution in [2.24, 2.45) is 12.0 Å². The van der Waals surface area contributed by atoms with Gasteiger partial charge < -0.3 is 4.57 Å². The van der Waals surface area contributed by atoms with Gasteiger partial charge in [-0.1, -0.05) is 29.5 Å². The molecule has 0 fully saturated rings. The standard InChI is InChI=1S/C19H18N2OS/c1-21-16-8-4-5-9-17(16)23-19(21)20-18(22)15-11-10-13-6-2-3-7-14(13)12-15/h4-5,8-12H,2-3,6-7H2,1H3. The van der Waals surface area contributed by atoms with Gasteiger partial charge in [0.25, 0.3) is 5.91 Å². The van der Waals surface area contributed by atoms with Crippen LogP contribution in [-0.2, 0) is 19.9 Å². The molecule has 0 unspecified atom stereocenters. The van der Waals surface area contributed by atoms with Gasteiger partial charge in [0.15, 0.2) is 4.80 Å². The van der Waals surface area contributed by atoms with Crippen LogP contribution in [0.4, 0.5) is 0 Å². The minimum Gasteiger partial charge on any atom is -0.319 e. The van der Waals surface area contributed by atoms with Crippen LogP contribution in [0.25, 0.3) is 10.2 Å². The van der Waals surface area contributed by atoms with Crippen LogP contribution >= 0.6 is 11.3 Å². The number of fused-ring (bicyclic) bond motifs is 2. The Morgan fingerprint density at radius 1 is 1.09 bits per heavy atom. The Morgan fingerprint density at radius 3 is 2.70 bits per heavy atom. The second kappa shape index (κ2) is 5.78. The molecular weight excluding hydrogens is 304 g/mol. The zero-order chi connectivity index (χ0) is 15.8. The van der Waals surface area contributed by atoms with Crippen LogP contribution in [0.5, 0.6) is 0 Å². The molecule has 0 saturated carbocycles. The van der Waals surface area contributed by atoms with E-state index in [0.717, 1.165) is 27.9 Å². The lowest BCUT2D eigenvalue weighted by molar-refractivity contribution is 0.0998. The van der Waals surface area contributed by atoms with Crippen molar-refractivity contribution in [2.75, 3.05) is 0 Å². The van der Waals surface area contributed by atoms with Crippen LogP contribution in [0.3, 0.4) is 0 Å². The molecule has 0 atom stereocenters. The number of aryl methyl sites for hydroxylation is 3. The molecule has 0 aliphatic heterocycles. The van der Waals surface area contributed by atoms with E-state index in [4.69, 9.17) is 0 Å². The van der Waals surface area contributed by atoms with Crippen molar-refractivity contribution in [1.29, 1.82) is 0 Å². The SMILES string of the molecule is Cn1c(=NC(=O)c2ccc3c(c2)CCCC3)sc2ccccc21. The van der Waals surface area contributed by atoms with E-state index in [-0.39, 0.29) is 5.91 Å². The first-order valence-electron chi connectivity index (χ1n) is 7.98. The van der Waals surface area contributed by atoms with Gasteiger partial charge >= 0.3 is 0 Å². The molecule has 3 aromatic rings. The van der Waals surface area contributed by atoms with Crippen molar-refractivity contribution in [3.05, 3.63) is 64.0 Å². The minimum absolute atomic E-state index is 0.152. The van der Waals surface area contributed by atoms with Crippen LogP contribution in [0.2, 0.25) is 0 Å². The first-order chi connectivity index (χ1) is 11.2. The molecule has 2 aromatic carbocycles. The van der Waals surface area contributed by atoms with Crippen molar-refractivity contribution in [3.8, 4) is 0 Å². The monoisotopic (exact) mass is 322 g/mol. The molecule has 0 bridgehead atoms. The maximum atomic E-state index is 12.6. The zero-order valence-electron chi connectivity index (χ0n) is 13.1. The van der Waals surface area contributed by atoms with E-state index in [1.165, 1.54) is 24.0 Å². The molecule has 1 amide bonds. The highest BCUT2D eigenvalue weighted by Crippen LogP contribution is 2.22. The van der Waals surface area contributed by atoms with Gasteiger partial charge in [-0.3, -0.25) is 4.79 Å². The maximum Gasteiger partial charge on any atom is 0.279 e. The quantitative estimate of drug-likeness (QED) is 0.670. The smallest absolute Gasteiger partial charge is 0.279 e. The number of nitrogens with zero attached hydrogens (tertiary/aromatic N) is 2. The molecule has 1 heterocycles. The molecule has 0 spiro atoms. The summed E-state index contributed by atoms with van der Waals surface area (Å²) in [6, 6.07) is 14.2. The lowest BCUT2D eigenvalue weighted by Gasteiger charge is -2.15. The van der Waals surface area contributed by atoms with Gasteiger partial charge in [0.2, 0.25) is 0 Å². The van der Waals surface area contributed by atoms with E-state index in [2.05, 4.69) is 17.1 Å². The summed E-state index contributed by atoms with van der Waals surface area (Å²) in [5, 5.41) is 0. The van der Waals surface area contributed by atoms with Crippen molar-refractivity contribution < 1.29 is 4.79 Å². The number of benzene rings is 2. The van der Waals surface area contributed by atoms with Crippen LogP contribution in [0, 0.1) is 0 Å². The first-order valence-corrected chi connectivity index (χ1v) is 8.79. The molecule has 23 heavy (non-hydrogen) atoms. The summed E-state index contributed by atoms with van der Waals surface area (Å²) in [5.41, 5.74) is 4.51. The number of hydrogen-bond acceptors (Lipinski definition) is 2. The van der Waals surface area contributed by atoms with Gasteiger partial charge in [0.1, 0.15) is 0 Å². The summed E-state index contributed by atoms with van der Waals surface area (Å²) in [6.07, 6.45) is 4.68. The number of amides is 1. The van der Waals surface area contributed by atoms with Crippen molar-refractivity contribution in [1.82, 2.24) is 4.57 Å². The molecule has 1 aromatic heterocycles. The molecule has 0 saturated heterocycles. The van der Waals surface area contributed by atoms with Gasteiger partial charge in [-0.05, 0) is 61.1 Å². The topological polar surface area (TPSA) is 34.4 Å². The largest absolute Gasteiger partial charge is 0.319 e. The fourth-order valence-corrected chi connectivity index (χ4v) is 4.22. The summed E-state index contributed by atoms with van der Waals surface area (Å²) in [7, 11) is 1.96. The average Bonchev–Trinajstić information content (AvgIpc) is 2.91. The zero-order valence-corrected chi connectivity index (χ0v) is 13.9. The van der Waals surface area contributed by atoms with Gasteiger partial charge in [-0.2, -0.15) is 4.99 Å². The minimum atomic E-state index is -0.152. The Balaban J connectivity index is 1.75. The Kier molecular flexibility index (Phi) is 3.62. The predicted octanol–water partition coefficient (Wildman–Crippen LogP) is 3.86. The van der Waals surface area contributed by atoms with Crippen LogP contribution in [-0.4, -0.2) is 10.5 Å². The Morgan fingerprint density at radius 2 is 1.87 bits per heavy atom. The molecule has 1 aliphatic carbocycles. The molecular formula is C19H18N2OS. The van der Waals surface area contributed by atoms with E-state index in [9.17, 15) is 4.79 Å². The number of para-hydroxylation sites is 1. The highest BCUT2D eigenvalue weighted by atomic mass is 32.1. The second-order valence-electron chi connectivity index (χ2n) is 6.02. The van der Waals surface area contributed by atoms with Gasteiger partial charge in [-0.25, -0.2) is 0 Å². The fraction of sp³-hybridized carbons (Fsp3) is 0.263. The average molecular weight is 322 g/mol. The molecule has 0 radical (unpaired) electrons. The van der Waals surface area contributed by atoms with Gasteiger partial charge in [-0.15, -0.1) is 0 Å². The number of thiazole rings is 1. The number of carbonyl (C=O) groups excluding carboxylic acids is 1. The van der Waals surface area contributed by atoms with E-state index >= 15 is 0 Å². The van der Waals surface area contributed by atoms with E-state index in [1.807, 2.05) is 41.9 Å². The summed E-state index contributed by atoms with van der Waals surface area (Å²) in [6.45, 7) is 0. The van der Waals surface area contributed by atoms with E-state index < -0.39 is 0 Å². The summed E-state index contributed by atoms with van der Waals surface area (Å²) >= 11 is 1.55. The van der Waals surface area contributed by atoms with Crippen LogP contribution < -0.4 is 4.80 Å². The molecule has 3 nitrogen and oxygen atoms in total. The molecule has 4 heteroatoms.